The van der Waals surface area contributed by atoms with Crippen molar-refractivity contribution in [2.45, 2.75) is 20.3 Å². The van der Waals surface area contributed by atoms with Crippen LogP contribution in [0.5, 0.6) is 0 Å². The van der Waals surface area contributed by atoms with Gasteiger partial charge < -0.3 is 9.57 Å². The van der Waals surface area contributed by atoms with Gasteiger partial charge in [0.05, 0.1) is 18.7 Å². The molecule has 0 heterocycles. The summed E-state index contributed by atoms with van der Waals surface area (Å²) in [7, 11) is 0. The highest BCUT2D eigenvalue weighted by Crippen LogP contribution is 2.05. The first-order chi connectivity index (χ1) is 8.69. The highest BCUT2D eigenvalue weighted by Gasteiger charge is 2.19. The van der Waals surface area contributed by atoms with Crippen LogP contribution in [0.15, 0.2) is 30.3 Å². The van der Waals surface area contributed by atoms with E-state index in [1.807, 2.05) is 6.92 Å². The number of ether oxygens (including phenoxy) is 1. The van der Waals surface area contributed by atoms with Gasteiger partial charge in [-0.3, -0.25) is 0 Å². The molecule has 0 saturated carbocycles. The van der Waals surface area contributed by atoms with Gasteiger partial charge in [0.15, 0.2) is 0 Å². The molecule has 0 saturated heterocycles. The minimum atomic E-state index is -0.649. The van der Waals surface area contributed by atoms with E-state index in [4.69, 9.17) is 9.57 Å². The molecule has 1 amide bonds. The van der Waals surface area contributed by atoms with Crippen LogP contribution in [0.25, 0.3) is 0 Å². The summed E-state index contributed by atoms with van der Waals surface area (Å²) < 4.78 is 4.80. The first kappa shape index (κ1) is 14.0. The van der Waals surface area contributed by atoms with E-state index < -0.39 is 12.1 Å². The average molecular weight is 251 g/mol. The van der Waals surface area contributed by atoms with Crippen molar-refractivity contribution in [3.05, 3.63) is 35.9 Å². The van der Waals surface area contributed by atoms with E-state index in [-0.39, 0.29) is 6.61 Å². The number of hydroxylamine groups is 2. The summed E-state index contributed by atoms with van der Waals surface area (Å²) in [6.07, 6.45) is 0.0181. The minimum absolute atomic E-state index is 0.238. The lowest BCUT2D eigenvalue weighted by Gasteiger charge is -2.19. The molecule has 0 atom stereocenters. The highest BCUT2D eigenvalue weighted by molar-refractivity contribution is 5.89. The fourth-order valence-electron chi connectivity index (χ4n) is 1.30. The number of hydrogen-bond donors (Lipinski definition) is 0. The van der Waals surface area contributed by atoms with Crippen LogP contribution >= 0.6 is 0 Å². The highest BCUT2D eigenvalue weighted by atomic mass is 16.7. The molecular formula is C13H17NO4. The molecule has 0 fully saturated rings. The molecule has 0 spiro atoms. The van der Waals surface area contributed by atoms with Crippen molar-refractivity contribution in [2.75, 3.05) is 13.2 Å². The lowest BCUT2D eigenvalue weighted by atomic mass is 10.2. The second-order valence-electron chi connectivity index (χ2n) is 3.55. The number of hydrogen-bond acceptors (Lipinski definition) is 4. The summed E-state index contributed by atoms with van der Waals surface area (Å²) in [5, 5.41) is 0.943. The molecule has 98 valence electrons. The largest absolute Gasteiger partial charge is 0.448 e. The van der Waals surface area contributed by atoms with E-state index in [0.717, 1.165) is 5.06 Å². The summed E-state index contributed by atoms with van der Waals surface area (Å²) in [6, 6.07) is 8.50. The molecule has 0 bridgehead atoms. The topological polar surface area (TPSA) is 55.8 Å². The van der Waals surface area contributed by atoms with Gasteiger partial charge in [-0.15, -0.1) is 5.06 Å². The fraction of sp³-hybridized carbons (Fsp3) is 0.385. The van der Waals surface area contributed by atoms with E-state index in [2.05, 4.69) is 0 Å². The Hall–Kier alpha value is -2.04. The van der Waals surface area contributed by atoms with E-state index >= 15 is 0 Å². The zero-order valence-corrected chi connectivity index (χ0v) is 10.6. The molecule has 0 aliphatic heterocycles. The van der Waals surface area contributed by atoms with Crippen molar-refractivity contribution in [1.82, 2.24) is 5.06 Å². The maximum absolute atomic E-state index is 11.8. The summed E-state index contributed by atoms with van der Waals surface area (Å²) in [5.74, 6) is -0.572. The van der Waals surface area contributed by atoms with Gasteiger partial charge in [-0.25, -0.2) is 9.59 Å². The third-order valence-corrected chi connectivity index (χ3v) is 2.10. The molecule has 5 heteroatoms. The van der Waals surface area contributed by atoms with Gasteiger partial charge in [-0.2, -0.15) is 0 Å². The maximum Gasteiger partial charge on any atom is 0.443 e. The van der Waals surface area contributed by atoms with Crippen molar-refractivity contribution in [3.8, 4) is 0 Å². The van der Waals surface area contributed by atoms with E-state index in [0.29, 0.717) is 18.5 Å². The first-order valence-electron chi connectivity index (χ1n) is 5.90. The molecular weight excluding hydrogens is 234 g/mol. The van der Waals surface area contributed by atoms with Crippen molar-refractivity contribution >= 4 is 12.1 Å². The quantitative estimate of drug-likeness (QED) is 0.772. The Morgan fingerprint density at radius 3 is 2.39 bits per heavy atom. The van der Waals surface area contributed by atoms with Gasteiger partial charge in [-0.1, -0.05) is 25.1 Å². The second kappa shape index (κ2) is 7.32. The zero-order valence-electron chi connectivity index (χ0n) is 10.6. The molecule has 1 rings (SSSR count). The van der Waals surface area contributed by atoms with Crippen molar-refractivity contribution < 1.29 is 19.2 Å². The number of carbonyl (C=O) groups excluding carboxylic acids is 2. The number of carbonyl (C=O) groups is 2. The standard InChI is InChI=1S/C13H17NO4/c1-3-10-14(13(16)17-4-2)18-12(15)11-8-6-5-7-9-11/h5-9H,3-4,10H2,1-2H3. The predicted molar refractivity (Wildman–Crippen MR) is 65.9 cm³/mol. The van der Waals surface area contributed by atoms with E-state index in [1.165, 1.54) is 0 Å². The van der Waals surface area contributed by atoms with Crippen LogP contribution in [0.3, 0.4) is 0 Å². The second-order valence-corrected chi connectivity index (χ2v) is 3.55. The Labute approximate surface area is 106 Å². The summed E-state index contributed by atoms with van der Waals surface area (Å²) in [4.78, 5) is 28.3. The Balaban J connectivity index is 2.66. The number of benzene rings is 1. The Kier molecular flexibility index (Phi) is 5.70. The summed E-state index contributed by atoms with van der Waals surface area (Å²) in [6.45, 7) is 4.11. The van der Waals surface area contributed by atoms with Crippen molar-refractivity contribution in [2.24, 2.45) is 0 Å². The Morgan fingerprint density at radius 2 is 1.83 bits per heavy atom. The minimum Gasteiger partial charge on any atom is -0.448 e. The van der Waals surface area contributed by atoms with Crippen LogP contribution in [0.1, 0.15) is 30.6 Å². The van der Waals surface area contributed by atoms with Gasteiger partial charge in [0, 0.05) is 0 Å². The van der Waals surface area contributed by atoms with Gasteiger partial charge in [0.2, 0.25) is 0 Å². The molecule has 0 unspecified atom stereocenters. The molecule has 18 heavy (non-hydrogen) atoms. The molecule has 1 aromatic rings. The van der Waals surface area contributed by atoms with Crippen LogP contribution < -0.4 is 0 Å². The molecule has 1 aromatic carbocycles. The average Bonchev–Trinajstić information content (AvgIpc) is 2.39. The van der Waals surface area contributed by atoms with Crippen LogP contribution in [-0.4, -0.2) is 30.3 Å². The SMILES string of the molecule is CCCN(OC(=O)c1ccccc1)C(=O)OCC. The van der Waals surface area contributed by atoms with E-state index in [9.17, 15) is 9.59 Å². The maximum atomic E-state index is 11.8. The van der Waals surface area contributed by atoms with Gasteiger partial charge in [0.1, 0.15) is 0 Å². The Bertz CT molecular complexity index is 391. The third-order valence-electron chi connectivity index (χ3n) is 2.10. The molecule has 0 radical (unpaired) electrons. The predicted octanol–water partition coefficient (Wildman–Crippen LogP) is 2.63. The summed E-state index contributed by atoms with van der Waals surface area (Å²) >= 11 is 0. The summed E-state index contributed by atoms with van der Waals surface area (Å²) in [5.41, 5.74) is 0.392. The molecule has 0 aliphatic rings. The van der Waals surface area contributed by atoms with Gasteiger partial charge >= 0.3 is 12.1 Å². The molecule has 0 aliphatic carbocycles. The normalized spacial score (nSPS) is 9.67. The van der Waals surface area contributed by atoms with E-state index in [1.54, 1.807) is 37.3 Å². The fourth-order valence-corrected chi connectivity index (χ4v) is 1.30. The van der Waals surface area contributed by atoms with Crippen molar-refractivity contribution in [3.63, 3.8) is 0 Å². The van der Waals surface area contributed by atoms with Crippen LogP contribution in [-0.2, 0) is 9.57 Å². The monoisotopic (exact) mass is 251 g/mol. The zero-order chi connectivity index (χ0) is 13.4. The molecule has 0 aromatic heterocycles. The smallest absolute Gasteiger partial charge is 0.443 e. The third kappa shape index (κ3) is 4.08. The lowest BCUT2D eigenvalue weighted by molar-refractivity contribution is -0.0931. The number of nitrogens with zero attached hydrogens (tertiary/aromatic N) is 1. The Morgan fingerprint density at radius 1 is 1.17 bits per heavy atom. The number of amides is 1. The number of rotatable bonds is 4. The van der Waals surface area contributed by atoms with Crippen LogP contribution in [0, 0.1) is 0 Å². The van der Waals surface area contributed by atoms with Gasteiger partial charge in [-0.05, 0) is 25.5 Å². The lowest BCUT2D eigenvalue weighted by Crippen LogP contribution is -2.34. The molecule has 0 N–H and O–H groups in total. The van der Waals surface area contributed by atoms with Crippen LogP contribution in [0.4, 0.5) is 4.79 Å². The molecule has 5 nitrogen and oxygen atoms in total. The van der Waals surface area contributed by atoms with Gasteiger partial charge in [0.25, 0.3) is 0 Å². The van der Waals surface area contributed by atoms with Crippen molar-refractivity contribution in [1.29, 1.82) is 0 Å². The van der Waals surface area contributed by atoms with Crippen LogP contribution in [0.2, 0.25) is 0 Å². The first-order valence-corrected chi connectivity index (χ1v) is 5.90.